The Morgan fingerprint density at radius 1 is 1.44 bits per heavy atom. The van der Waals surface area contributed by atoms with Gasteiger partial charge in [-0.3, -0.25) is 0 Å². The molecule has 0 bridgehead atoms. The Balaban J connectivity index is 2.44. The minimum absolute atomic E-state index is 0.183. The maximum atomic E-state index is 8.89. The largest absolute Gasteiger partial charge is 0.409 e. The summed E-state index contributed by atoms with van der Waals surface area (Å²) in [5.74, 6) is 0.183. The van der Waals surface area contributed by atoms with E-state index < -0.39 is 0 Å². The normalized spacial score (nSPS) is 21.1. The molecule has 3 N–H and O–H groups in total. The van der Waals surface area contributed by atoms with E-state index >= 15 is 0 Å². The number of hydrogen-bond donors (Lipinski definition) is 2. The van der Waals surface area contributed by atoms with Crippen molar-refractivity contribution in [1.82, 2.24) is 0 Å². The van der Waals surface area contributed by atoms with Gasteiger partial charge in [0, 0.05) is 23.8 Å². The standard InChI is InChI=1S/C14H21N3O/c1-10-6-7-12(14(15)16-18)13(9-10)17-8-4-3-5-11(17)2/h6-7,9,11,18H,3-5,8H2,1-2H3,(H2,15,16). The van der Waals surface area contributed by atoms with Crippen molar-refractivity contribution in [2.24, 2.45) is 10.9 Å². The van der Waals surface area contributed by atoms with Crippen LogP contribution in [-0.2, 0) is 0 Å². The number of hydrogen-bond acceptors (Lipinski definition) is 3. The van der Waals surface area contributed by atoms with Crippen molar-refractivity contribution < 1.29 is 5.21 Å². The minimum atomic E-state index is 0.183. The first-order valence-corrected chi connectivity index (χ1v) is 6.48. The molecule has 98 valence electrons. The lowest BCUT2D eigenvalue weighted by molar-refractivity contribution is 0.318. The van der Waals surface area contributed by atoms with Gasteiger partial charge in [-0.15, -0.1) is 0 Å². The third kappa shape index (κ3) is 2.42. The number of nitrogens with zero attached hydrogens (tertiary/aromatic N) is 2. The van der Waals surface area contributed by atoms with Crippen LogP contribution in [0.1, 0.15) is 37.3 Å². The molecule has 1 unspecified atom stereocenters. The summed E-state index contributed by atoms with van der Waals surface area (Å²) < 4.78 is 0. The fourth-order valence-corrected chi connectivity index (χ4v) is 2.61. The van der Waals surface area contributed by atoms with Crippen molar-refractivity contribution in [2.75, 3.05) is 11.4 Å². The van der Waals surface area contributed by atoms with Gasteiger partial charge in [0.05, 0.1) is 0 Å². The SMILES string of the molecule is Cc1ccc(C(N)=NO)c(N2CCCCC2C)c1. The summed E-state index contributed by atoms with van der Waals surface area (Å²) in [4.78, 5) is 2.36. The average Bonchev–Trinajstić information content (AvgIpc) is 2.38. The predicted octanol–water partition coefficient (Wildman–Crippen LogP) is 2.47. The molecule has 18 heavy (non-hydrogen) atoms. The number of amidine groups is 1. The topological polar surface area (TPSA) is 61.9 Å². The fraction of sp³-hybridized carbons (Fsp3) is 0.500. The number of benzene rings is 1. The molecular weight excluding hydrogens is 226 g/mol. The van der Waals surface area contributed by atoms with Crippen LogP contribution in [0.4, 0.5) is 5.69 Å². The molecule has 4 nitrogen and oxygen atoms in total. The van der Waals surface area contributed by atoms with E-state index in [1.807, 2.05) is 12.1 Å². The van der Waals surface area contributed by atoms with E-state index in [4.69, 9.17) is 10.9 Å². The van der Waals surface area contributed by atoms with Crippen LogP contribution in [0.2, 0.25) is 0 Å². The van der Waals surface area contributed by atoms with Gasteiger partial charge in [0.15, 0.2) is 5.84 Å². The van der Waals surface area contributed by atoms with Gasteiger partial charge < -0.3 is 15.8 Å². The maximum absolute atomic E-state index is 8.89. The lowest BCUT2D eigenvalue weighted by atomic mass is 10.00. The van der Waals surface area contributed by atoms with Crippen LogP contribution < -0.4 is 10.6 Å². The summed E-state index contributed by atoms with van der Waals surface area (Å²) in [5.41, 5.74) is 8.86. The van der Waals surface area contributed by atoms with Crippen LogP contribution >= 0.6 is 0 Å². The van der Waals surface area contributed by atoms with Gasteiger partial charge in [0.25, 0.3) is 0 Å². The molecule has 0 aliphatic carbocycles. The van der Waals surface area contributed by atoms with Gasteiger partial charge in [0.2, 0.25) is 0 Å². The second kappa shape index (κ2) is 5.29. The van der Waals surface area contributed by atoms with Crippen LogP contribution in [0.3, 0.4) is 0 Å². The van der Waals surface area contributed by atoms with E-state index in [-0.39, 0.29) is 5.84 Å². The Kier molecular flexibility index (Phi) is 3.75. The Morgan fingerprint density at radius 2 is 2.22 bits per heavy atom. The number of anilines is 1. The summed E-state index contributed by atoms with van der Waals surface area (Å²) in [5, 5.41) is 12.0. The Bertz CT molecular complexity index is 456. The molecule has 0 amide bonds. The molecule has 1 aromatic carbocycles. The van der Waals surface area contributed by atoms with Crippen molar-refractivity contribution in [1.29, 1.82) is 0 Å². The van der Waals surface area contributed by atoms with E-state index in [9.17, 15) is 0 Å². The van der Waals surface area contributed by atoms with E-state index in [2.05, 4.69) is 30.0 Å². The quantitative estimate of drug-likeness (QED) is 0.365. The molecule has 1 aromatic rings. The molecule has 1 heterocycles. The monoisotopic (exact) mass is 247 g/mol. The van der Waals surface area contributed by atoms with Gasteiger partial charge in [-0.1, -0.05) is 11.2 Å². The Morgan fingerprint density at radius 3 is 2.89 bits per heavy atom. The maximum Gasteiger partial charge on any atom is 0.172 e. The van der Waals surface area contributed by atoms with Crippen LogP contribution in [0.25, 0.3) is 0 Å². The van der Waals surface area contributed by atoms with Gasteiger partial charge in [0.1, 0.15) is 0 Å². The second-order valence-corrected chi connectivity index (χ2v) is 5.04. The van der Waals surface area contributed by atoms with Crippen LogP contribution in [-0.4, -0.2) is 23.6 Å². The van der Waals surface area contributed by atoms with E-state index in [0.29, 0.717) is 6.04 Å². The molecule has 0 spiro atoms. The summed E-state index contributed by atoms with van der Waals surface area (Å²) >= 11 is 0. The minimum Gasteiger partial charge on any atom is -0.409 e. The van der Waals surface area contributed by atoms with Crippen molar-refractivity contribution in [3.63, 3.8) is 0 Å². The predicted molar refractivity (Wildman–Crippen MR) is 74.3 cm³/mol. The average molecular weight is 247 g/mol. The molecule has 2 rings (SSSR count). The van der Waals surface area contributed by atoms with Gasteiger partial charge in [-0.2, -0.15) is 0 Å². The highest BCUT2D eigenvalue weighted by molar-refractivity contribution is 6.02. The summed E-state index contributed by atoms with van der Waals surface area (Å²) in [7, 11) is 0. The number of aryl methyl sites for hydroxylation is 1. The molecule has 0 radical (unpaired) electrons. The molecule has 1 aliphatic heterocycles. The zero-order valence-electron chi connectivity index (χ0n) is 11.1. The smallest absolute Gasteiger partial charge is 0.172 e. The Hall–Kier alpha value is -1.71. The fourth-order valence-electron chi connectivity index (χ4n) is 2.61. The third-order valence-corrected chi connectivity index (χ3v) is 3.65. The van der Waals surface area contributed by atoms with Crippen molar-refractivity contribution in [3.05, 3.63) is 29.3 Å². The summed E-state index contributed by atoms with van der Waals surface area (Å²) in [6.07, 6.45) is 3.68. The lowest BCUT2D eigenvalue weighted by Gasteiger charge is -2.36. The van der Waals surface area contributed by atoms with E-state index in [0.717, 1.165) is 17.8 Å². The van der Waals surface area contributed by atoms with Gasteiger partial charge in [-0.25, -0.2) is 0 Å². The third-order valence-electron chi connectivity index (χ3n) is 3.65. The van der Waals surface area contributed by atoms with Gasteiger partial charge in [-0.05, 0) is 50.8 Å². The highest BCUT2D eigenvalue weighted by Crippen LogP contribution is 2.28. The number of oxime groups is 1. The highest BCUT2D eigenvalue weighted by atomic mass is 16.4. The number of rotatable bonds is 2. The molecule has 1 aliphatic rings. The zero-order valence-corrected chi connectivity index (χ0v) is 11.1. The Labute approximate surface area is 108 Å². The van der Waals surface area contributed by atoms with Crippen molar-refractivity contribution in [3.8, 4) is 0 Å². The van der Waals surface area contributed by atoms with E-state index in [1.165, 1.54) is 24.8 Å². The van der Waals surface area contributed by atoms with Gasteiger partial charge >= 0.3 is 0 Å². The van der Waals surface area contributed by atoms with Crippen molar-refractivity contribution in [2.45, 2.75) is 39.2 Å². The number of nitrogens with two attached hydrogens (primary N) is 1. The second-order valence-electron chi connectivity index (χ2n) is 5.04. The summed E-state index contributed by atoms with van der Waals surface area (Å²) in [6.45, 7) is 5.34. The van der Waals surface area contributed by atoms with E-state index in [1.54, 1.807) is 0 Å². The highest BCUT2D eigenvalue weighted by Gasteiger charge is 2.22. The molecule has 4 heteroatoms. The van der Waals surface area contributed by atoms with Crippen LogP contribution in [0, 0.1) is 6.92 Å². The molecular formula is C14H21N3O. The molecule has 0 aromatic heterocycles. The molecule has 0 saturated carbocycles. The first-order valence-electron chi connectivity index (χ1n) is 6.48. The number of piperidine rings is 1. The first kappa shape index (κ1) is 12.7. The zero-order chi connectivity index (χ0) is 13.1. The van der Waals surface area contributed by atoms with Crippen molar-refractivity contribution >= 4 is 11.5 Å². The summed E-state index contributed by atoms with van der Waals surface area (Å²) in [6, 6.07) is 6.55. The lowest BCUT2D eigenvalue weighted by Crippen LogP contribution is -2.38. The molecule has 1 saturated heterocycles. The molecule has 1 atom stereocenters. The molecule has 1 fully saturated rings. The van der Waals surface area contributed by atoms with Crippen LogP contribution in [0.5, 0.6) is 0 Å². The first-order chi connectivity index (χ1) is 8.63. The van der Waals surface area contributed by atoms with Crippen LogP contribution in [0.15, 0.2) is 23.4 Å².